The van der Waals surface area contributed by atoms with E-state index in [1.807, 2.05) is 61.5 Å². The summed E-state index contributed by atoms with van der Waals surface area (Å²) >= 11 is 3.11. The van der Waals surface area contributed by atoms with Gasteiger partial charge in [0.2, 0.25) is 0 Å². The Bertz CT molecular complexity index is 2160. The van der Waals surface area contributed by atoms with Crippen LogP contribution in [0.25, 0.3) is 10.2 Å². The molecule has 4 aromatic rings. The number of hydrogen-bond donors (Lipinski definition) is 1. The number of thioether (sulfide) groups is 1. The number of carbonyl (C=O) groups is 1. The molecule has 1 N–H and O–H groups in total. The summed E-state index contributed by atoms with van der Waals surface area (Å²) in [5, 5.41) is 14.5. The highest BCUT2D eigenvalue weighted by Gasteiger charge is 2.36. The number of benzene rings is 2. The maximum absolute atomic E-state index is 14.9. The maximum Gasteiger partial charge on any atom is 0.354 e. The van der Waals surface area contributed by atoms with Crippen LogP contribution in [-0.2, 0) is 21.0 Å². The summed E-state index contributed by atoms with van der Waals surface area (Å²) in [6, 6.07) is 16.1. The molecule has 0 aliphatic carbocycles. The number of ether oxygens (including phenoxy) is 3. The molecule has 16 heteroatoms. The second-order valence-electron chi connectivity index (χ2n) is 15.5. The van der Waals surface area contributed by atoms with Crippen molar-refractivity contribution in [1.29, 1.82) is 0 Å². The Labute approximate surface area is 351 Å². The van der Waals surface area contributed by atoms with E-state index >= 15 is 0 Å². The fourth-order valence-electron chi connectivity index (χ4n) is 6.03. The fraction of sp³-hybridized carbons (Fsp3) is 0.476. The van der Waals surface area contributed by atoms with E-state index in [4.69, 9.17) is 24.3 Å². The van der Waals surface area contributed by atoms with Gasteiger partial charge in [-0.1, -0.05) is 66.7 Å². The van der Waals surface area contributed by atoms with E-state index in [1.165, 1.54) is 24.9 Å². The van der Waals surface area contributed by atoms with Crippen molar-refractivity contribution in [2.75, 3.05) is 72.5 Å². The Balaban J connectivity index is 1.36. The molecule has 1 unspecified atom stereocenters. The predicted molar refractivity (Wildman–Crippen MR) is 237 cm³/mol. The van der Waals surface area contributed by atoms with Crippen LogP contribution in [0.4, 0.5) is 16.0 Å². The molecule has 0 saturated carbocycles. The molecule has 0 bridgehead atoms. The number of aryl methyl sites for hydroxylation is 1. The van der Waals surface area contributed by atoms with Crippen molar-refractivity contribution in [3.63, 3.8) is 0 Å². The second-order valence-corrected chi connectivity index (χ2v) is 23.1. The number of unbranched alkanes of at least 4 members (excludes halogenated alkanes) is 1. The number of nitrogens with zero attached hydrogens (tertiary/aromatic N) is 7. The summed E-state index contributed by atoms with van der Waals surface area (Å²) in [7, 11) is 5.95. The molecular weight excluding hydrogens is 792 g/mol. The standard InChI is InChI=1S/C42H57FN8O4S2Si/c1-31-27-38(46-47-39(31)45-41-51(30-54-25-26-58(6,7)8)34-16-9-10-17-37(34)57-41)50(22-12-11-20-44-2)42-49(35(29-56-42)40(52)53-5)23-14-24-55-36-19-18-32(28-33(36)43)15-13-21-48(3)4/h9-10,16-19,27-29,42,44H,11-12,14,20-26,30H2,1-8H3. The third kappa shape index (κ3) is 12.6. The molecule has 5 rings (SSSR count). The molecule has 312 valence electrons. The fourth-order valence-corrected chi connectivity index (χ4v) is 9.02. The van der Waals surface area contributed by atoms with E-state index in [0.717, 1.165) is 46.0 Å². The van der Waals surface area contributed by atoms with Crippen LogP contribution in [0.2, 0.25) is 25.7 Å². The van der Waals surface area contributed by atoms with Gasteiger partial charge in [0.05, 0.1) is 30.5 Å². The number of aromatic nitrogens is 3. The van der Waals surface area contributed by atoms with Crippen molar-refractivity contribution >= 4 is 59.0 Å². The minimum absolute atomic E-state index is 0.160. The molecule has 3 heterocycles. The highest BCUT2D eigenvalue weighted by Crippen LogP contribution is 2.37. The van der Waals surface area contributed by atoms with Crippen molar-refractivity contribution in [2.45, 2.75) is 64.1 Å². The van der Waals surface area contributed by atoms with E-state index < -0.39 is 19.9 Å². The maximum atomic E-state index is 14.9. The summed E-state index contributed by atoms with van der Waals surface area (Å²) in [5.74, 6) is 6.47. The van der Waals surface area contributed by atoms with Gasteiger partial charge in [0.25, 0.3) is 0 Å². The van der Waals surface area contributed by atoms with Crippen LogP contribution in [0.1, 0.15) is 30.4 Å². The van der Waals surface area contributed by atoms with Crippen molar-refractivity contribution in [2.24, 2.45) is 4.99 Å². The first kappa shape index (κ1) is 44.9. The number of methoxy groups -OCH3 is 1. The smallest absolute Gasteiger partial charge is 0.354 e. The predicted octanol–water partition coefficient (Wildman–Crippen LogP) is 7.02. The zero-order valence-electron chi connectivity index (χ0n) is 35.0. The summed E-state index contributed by atoms with van der Waals surface area (Å²) in [5.41, 5.74) is 2.66. The first-order valence-electron chi connectivity index (χ1n) is 19.6. The SMILES string of the molecule is CNCCCCN(c1cc(C)c(N=c2sc3ccccc3n2COCC[Si](C)(C)C)nn1)C1SC=C(C(=O)OC)N1CCCOc1ccc(C#CCN(C)C)cc1F. The second kappa shape index (κ2) is 21.7. The van der Waals surface area contributed by atoms with Crippen LogP contribution in [-0.4, -0.2) is 112 Å². The molecule has 0 fully saturated rings. The van der Waals surface area contributed by atoms with Gasteiger partial charge in [-0.15, -0.1) is 10.2 Å². The molecule has 1 aliphatic rings. The Kier molecular flexibility index (Phi) is 16.8. The summed E-state index contributed by atoms with van der Waals surface area (Å²) in [4.78, 5) is 25.0. The number of anilines is 1. The number of halogens is 1. The van der Waals surface area contributed by atoms with Crippen LogP contribution in [0, 0.1) is 24.6 Å². The van der Waals surface area contributed by atoms with Gasteiger partial charge in [0, 0.05) is 38.7 Å². The molecule has 0 amide bonds. The highest BCUT2D eigenvalue weighted by molar-refractivity contribution is 8.03. The van der Waals surface area contributed by atoms with Crippen LogP contribution >= 0.6 is 23.1 Å². The molecular formula is C42H57FN8O4S2Si. The Hall–Kier alpha value is -4.24. The highest BCUT2D eigenvalue weighted by atomic mass is 32.2. The number of hydrogen-bond acceptors (Lipinski definition) is 13. The van der Waals surface area contributed by atoms with Crippen LogP contribution in [0.3, 0.4) is 0 Å². The van der Waals surface area contributed by atoms with E-state index in [-0.39, 0.29) is 17.9 Å². The van der Waals surface area contributed by atoms with Gasteiger partial charge in [-0.2, -0.15) is 4.99 Å². The van der Waals surface area contributed by atoms with Gasteiger partial charge in [0.15, 0.2) is 33.5 Å². The van der Waals surface area contributed by atoms with Gasteiger partial charge in [-0.05, 0) is 102 Å². The van der Waals surface area contributed by atoms with Gasteiger partial charge in [0.1, 0.15) is 12.4 Å². The van der Waals surface area contributed by atoms with E-state index in [9.17, 15) is 9.18 Å². The van der Waals surface area contributed by atoms with Crippen LogP contribution in [0.5, 0.6) is 5.75 Å². The molecule has 12 nitrogen and oxygen atoms in total. The number of carbonyl (C=O) groups excluding carboxylic acids is 1. The zero-order chi connectivity index (χ0) is 41.7. The number of esters is 1. The van der Waals surface area contributed by atoms with Gasteiger partial charge < -0.3 is 29.3 Å². The third-order valence-electron chi connectivity index (χ3n) is 9.22. The van der Waals surface area contributed by atoms with Crippen LogP contribution < -0.4 is 19.8 Å². The van der Waals surface area contributed by atoms with E-state index in [1.54, 1.807) is 23.5 Å². The molecule has 0 saturated heterocycles. The van der Waals surface area contributed by atoms with Crippen LogP contribution in [0.15, 0.2) is 64.6 Å². The summed E-state index contributed by atoms with van der Waals surface area (Å²) in [6.07, 6.45) is 2.35. The molecule has 2 aromatic carbocycles. The van der Waals surface area contributed by atoms with Crippen molar-refractivity contribution in [3.05, 3.63) is 81.4 Å². The van der Waals surface area contributed by atoms with Crippen molar-refractivity contribution < 1.29 is 23.4 Å². The number of thiazole rings is 1. The minimum atomic E-state index is -1.23. The van der Waals surface area contributed by atoms with E-state index in [2.05, 4.69) is 63.5 Å². The lowest BCUT2D eigenvalue weighted by molar-refractivity contribution is -0.138. The summed E-state index contributed by atoms with van der Waals surface area (Å²) < 4.78 is 35.4. The largest absolute Gasteiger partial charge is 0.490 e. The number of rotatable bonds is 20. The van der Waals surface area contributed by atoms with E-state index in [0.29, 0.717) is 62.3 Å². The number of para-hydroxylation sites is 1. The molecule has 0 spiro atoms. The lowest BCUT2D eigenvalue weighted by Crippen LogP contribution is -2.46. The topological polar surface area (TPSA) is 110 Å². The Morgan fingerprint density at radius 1 is 1.09 bits per heavy atom. The van der Waals surface area contributed by atoms with Gasteiger partial charge >= 0.3 is 5.97 Å². The van der Waals surface area contributed by atoms with Gasteiger partial charge in [-0.3, -0.25) is 9.47 Å². The third-order valence-corrected chi connectivity index (χ3v) is 13.1. The average molecular weight is 849 g/mol. The average Bonchev–Trinajstić information content (AvgIpc) is 3.76. The normalized spacial score (nSPS) is 14.5. The first-order chi connectivity index (χ1) is 27.9. The van der Waals surface area contributed by atoms with Crippen molar-refractivity contribution in [1.82, 2.24) is 29.9 Å². The monoisotopic (exact) mass is 848 g/mol. The first-order valence-corrected chi connectivity index (χ1v) is 25.1. The van der Waals surface area contributed by atoms with Gasteiger partial charge in [-0.25, -0.2) is 9.18 Å². The minimum Gasteiger partial charge on any atom is -0.490 e. The summed E-state index contributed by atoms with van der Waals surface area (Å²) in [6.45, 7) is 13.0. The zero-order valence-corrected chi connectivity index (χ0v) is 37.6. The number of nitrogens with one attached hydrogen (secondary N) is 1. The molecule has 1 aliphatic heterocycles. The Morgan fingerprint density at radius 3 is 2.62 bits per heavy atom. The van der Waals surface area contributed by atoms with Crippen molar-refractivity contribution in [3.8, 4) is 17.6 Å². The Morgan fingerprint density at radius 2 is 1.90 bits per heavy atom. The molecule has 2 aromatic heterocycles. The lowest BCUT2D eigenvalue weighted by Gasteiger charge is -2.37. The molecule has 1 atom stereocenters. The molecule has 58 heavy (non-hydrogen) atoms. The molecule has 0 radical (unpaired) electrons. The number of fused-ring (bicyclic) bond motifs is 1. The quantitative estimate of drug-likeness (QED) is 0.0429. The lowest BCUT2D eigenvalue weighted by atomic mass is 10.2.